The molecule has 6 nitrogen and oxygen atoms in total. The summed E-state index contributed by atoms with van der Waals surface area (Å²) in [5.41, 5.74) is 2.35. The van der Waals surface area contributed by atoms with Gasteiger partial charge >= 0.3 is 0 Å². The Morgan fingerprint density at radius 1 is 1.07 bits per heavy atom. The number of halogens is 3. The maximum Gasteiger partial charge on any atom is 0.242 e. The normalized spacial score (nSPS) is 14.4. The maximum atomic E-state index is 13.4. The number of nitrogens with one attached hydrogen (secondary N) is 1. The number of sulfonamides is 1. The number of nitrogens with zero attached hydrogens (tertiary/aromatic N) is 1. The van der Waals surface area contributed by atoms with Gasteiger partial charge in [0, 0.05) is 19.6 Å². The Hall–Kier alpha value is -1.94. The standard InChI is InChI=1S/C20H23ClF2N2O4S/c1-28-18-8-13-4-7-25(12-14(13)9-19(18)29-2)6-3-5-24-30(26,27)20-11-17(23)16(22)10-15(20)21/h8-11,24H,3-7,12H2,1-2H3. The molecule has 0 spiro atoms. The van der Waals surface area contributed by atoms with Crippen LogP contribution in [-0.2, 0) is 23.0 Å². The van der Waals surface area contributed by atoms with Crippen LogP contribution in [0.4, 0.5) is 8.78 Å². The van der Waals surface area contributed by atoms with Gasteiger partial charge in [0.05, 0.1) is 19.2 Å². The highest BCUT2D eigenvalue weighted by Crippen LogP contribution is 2.33. The van der Waals surface area contributed by atoms with Crippen LogP contribution < -0.4 is 14.2 Å². The van der Waals surface area contributed by atoms with Crippen LogP contribution in [0.2, 0.25) is 5.02 Å². The first-order valence-electron chi connectivity index (χ1n) is 9.35. The molecular formula is C20H23ClF2N2O4S. The summed E-state index contributed by atoms with van der Waals surface area (Å²) in [7, 11) is -0.838. The Kier molecular flexibility index (Phi) is 7.18. The van der Waals surface area contributed by atoms with Crippen molar-refractivity contribution in [3.05, 3.63) is 52.0 Å². The van der Waals surface area contributed by atoms with Crippen molar-refractivity contribution in [1.29, 1.82) is 0 Å². The van der Waals surface area contributed by atoms with Crippen molar-refractivity contribution in [2.24, 2.45) is 0 Å². The number of ether oxygens (including phenoxy) is 2. The van der Waals surface area contributed by atoms with Crippen molar-refractivity contribution in [3.63, 3.8) is 0 Å². The van der Waals surface area contributed by atoms with E-state index in [2.05, 4.69) is 9.62 Å². The summed E-state index contributed by atoms with van der Waals surface area (Å²) in [4.78, 5) is 1.74. The molecule has 3 rings (SSSR count). The summed E-state index contributed by atoms with van der Waals surface area (Å²) < 4.78 is 64.3. The second kappa shape index (κ2) is 9.47. The van der Waals surface area contributed by atoms with Crippen molar-refractivity contribution in [2.45, 2.75) is 24.3 Å². The predicted octanol–water partition coefficient (Wildman–Crippen LogP) is 3.36. The van der Waals surface area contributed by atoms with Gasteiger partial charge in [0.1, 0.15) is 4.90 Å². The second-order valence-corrected chi connectivity index (χ2v) is 9.09. The van der Waals surface area contributed by atoms with Crippen molar-refractivity contribution in [3.8, 4) is 11.5 Å². The molecule has 1 N–H and O–H groups in total. The lowest BCUT2D eigenvalue weighted by atomic mass is 9.98. The monoisotopic (exact) mass is 460 g/mol. The van der Waals surface area contributed by atoms with Crippen molar-refractivity contribution in [2.75, 3.05) is 33.9 Å². The van der Waals surface area contributed by atoms with Gasteiger partial charge in [0.15, 0.2) is 23.1 Å². The van der Waals surface area contributed by atoms with Gasteiger partial charge in [-0.1, -0.05) is 11.6 Å². The molecule has 0 atom stereocenters. The summed E-state index contributed by atoms with van der Waals surface area (Å²) in [6.07, 6.45) is 1.40. The van der Waals surface area contributed by atoms with Crippen LogP contribution in [0.15, 0.2) is 29.2 Å². The van der Waals surface area contributed by atoms with Crippen LogP contribution in [-0.4, -0.2) is 47.2 Å². The van der Waals surface area contributed by atoms with E-state index in [-0.39, 0.29) is 11.6 Å². The molecule has 2 aromatic rings. The van der Waals surface area contributed by atoms with Gasteiger partial charge in [-0.15, -0.1) is 0 Å². The van der Waals surface area contributed by atoms with E-state index in [9.17, 15) is 17.2 Å². The van der Waals surface area contributed by atoms with E-state index in [1.54, 1.807) is 14.2 Å². The highest BCUT2D eigenvalue weighted by atomic mass is 35.5. The Labute approximate surface area is 179 Å². The highest BCUT2D eigenvalue weighted by molar-refractivity contribution is 7.89. The molecule has 1 aliphatic rings. The second-order valence-electron chi connectivity index (χ2n) is 6.95. The third kappa shape index (κ3) is 5.03. The molecule has 0 unspecified atom stereocenters. The smallest absolute Gasteiger partial charge is 0.242 e. The number of benzene rings is 2. The molecule has 0 bridgehead atoms. The molecule has 0 aliphatic carbocycles. The molecule has 0 fully saturated rings. The fourth-order valence-electron chi connectivity index (χ4n) is 3.43. The van der Waals surface area contributed by atoms with Crippen LogP contribution in [0.1, 0.15) is 17.5 Å². The molecule has 1 aliphatic heterocycles. The molecular weight excluding hydrogens is 438 g/mol. The van der Waals surface area contributed by atoms with Gasteiger partial charge in [-0.05, 0) is 54.8 Å². The van der Waals surface area contributed by atoms with Crippen LogP contribution in [0.3, 0.4) is 0 Å². The van der Waals surface area contributed by atoms with E-state index in [4.69, 9.17) is 21.1 Å². The number of fused-ring (bicyclic) bond motifs is 1. The lowest BCUT2D eigenvalue weighted by Gasteiger charge is -2.29. The maximum absolute atomic E-state index is 13.4. The van der Waals surface area contributed by atoms with E-state index < -0.39 is 26.6 Å². The zero-order valence-electron chi connectivity index (χ0n) is 16.7. The predicted molar refractivity (Wildman–Crippen MR) is 110 cm³/mol. The van der Waals surface area contributed by atoms with E-state index >= 15 is 0 Å². The summed E-state index contributed by atoms with van der Waals surface area (Å²) in [5.74, 6) is -1.08. The first kappa shape index (κ1) is 22.7. The van der Waals surface area contributed by atoms with Gasteiger partial charge in [0.25, 0.3) is 0 Å². The summed E-state index contributed by atoms with van der Waals surface area (Å²) >= 11 is 5.76. The Morgan fingerprint density at radius 2 is 1.70 bits per heavy atom. The van der Waals surface area contributed by atoms with Crippen molar-refractivity contribution < 1.29 is 26.7 Å². The summed E-state index contributed by atoms with van der Waals surface area (Å²) in [5, 5.41) is -0.363. The fourth-order valence-corrected chi connectivity index (χ4v) is 5.03. The number of rotatable bonds is 8. The largest absolute Gasteiger partial charge is 0.493 e. The molecule has 0 amide bonds. The molecule has 30 heavy (non-hydrogen) atoms. The average molecular weight is 461 g/mol. The fraction of sp³-hybridized carbons (Fsp3) is 0.400. The molecule has 0 saturated carbocycles. The molecule has 1 heterocycles. The molecule has 0 radical (unpaired) electrons. The minimum atomic E-state index is -4.04. The zero-order chi connectivity index (χ0) is 21.9. The van der Waals surface area contributed by atoms with E-state index in [0.29, 0.717) is 36.6 Å². The topological polar surface area (TPSA) is 67.9 Å². The lowest BCUT2D eigenvalue weighted by molar-refractivity contribution is 0.250. The molecule has 164 valence electrons. The van der Waals surface area contributed by atoms with Gasteiger partial charge in [-0.3, -0.25) is 4.90 Å². The van der Waals surface area contributed by atoms with Gasteiger partial charge in [0.2, 0.25) is 10.0 Å². The molecule has 10 heteroatoms. The number of hydrogen-bond donors (Lipinski definition) is 1. The first-order chi connectivity index (χ1) is 14.2. The van der Waals surface area contributed by atoms with Crippen LogP contribution in [0.25, 0.3) is 0 Å². The molecule has 0 saturated heterocycles. The molecule has 2 aromatic carbocycles. The number of hydrogen-bond acceptors (Lipinski definition) is 5. The van der Waals surface area contributed by atoms with Crippen LogP contribution in [0, 0.1) is 11.6 Å². The Bertz CT molecular complexity index is 1030. The van der Waals surface area contributed by atoms with E-state index in [0.717, 1.165) is 25.1 Å². The van der Waals surface area contributed by atoms with Gasteiger partial charge in [-0.25, -0.2) is 21.9 Å². The van der Waals surface area contributed by atoms with Crippen LogP contribution >= 0.6 is 11.6 Å². The SMILES string of the molecule is COc1cc2c(cc1OC)CN(CCCNS(=O)(=O)c1cc(F)c(F)cc1Cl)CC2. The van der Waals surface area contributed by atoms with Crippen LogP contribution in [0.5, 0.6) is 11.5 Å². The highest BCUT2D eigenvalue weighted by Gasteiger charge is 2.22. The van der Waals surface area contributed by atoms with E-state index in [1.807, 2.05) is 12.1 Å². The Balaban J connectivity index is 1.56. The van der Waals surface area contributed by atoms with Gasteiger partial charge in [-0.2, -0.15) is 0 Å². The third-order valence-corrected chi connectivity index (χ3v) is 6.93. The van der Waals surface area contributed by atoms with Gasteiger partial charge < -0.3 is 9.47 Å². The number of methoxy groups -OCH3 is 2. The van der Waals surface area contributed by atoms with Crippen molar-refractivity contribution >= 4 is 21.6 Å². The van der Waals surface area contributed by atoms with E-state index in [1.165, 1.54) is 5.56 Å². The van der Waals surface area contributed by atoms with Crippen molar-refractivity contribution in [1.82, 2.24) is 9.62 Å². The average Bonchev–Trinajstić information content (AvgIpc) is 2.72. The minimum Gasteiger partial charge on any atom is -0.493 e. The quantitative estimate of drug-likeness (QED) is 0.483. The Morgan fingerprint density at radius 3 is 2.37 bits per heavy atom. The zero-order valence-corrected chi connectivity index (χ0v) is 18.2. The summed E-state index contributed by atoms with van der Waals surface area (Å²) in [6, 6.07) is 5.20. The molecule has 0 aromatic heterocycles. The summed E-state index contributed by atoms with van der Waals surface area (Å²) in [6.45, 7) is 2.37. The minimum absolute atomic E-state index is 0.146. The third-order valence-electron chi connectivity index (χ3n) is 5.00. The first-order valence-corrected chi connectivity index (χ1v) is 11.2. The lowest BCUT2D eigenvalue weighted by Crippen LogP contribution is -2.34.